The predicted octanol–water partition coefficient (Wildman–Crippen LogP) is 3.87. The van der Waals surface area contributed by atoms with E-state index in [2.05, 4.69) is 41.6 Å². The van der Waals surface area contributed by atoms with Crippen molar-refractivity contribution < 1.29 is 9.59 Å². The standard InChI is InChI=1S/C23H35N3O2/c1-7-11-21-19(8-2)12-9-13-20(21)17(5)25-23(28)22(26-18(6)27)14-10-15-24-16(3)4/h7,9,11-13,17,22,24H,3,8,10,14-15H2,1-2,4-6H3,(H,25,28)(H,26,27)/b11-7-/t17-,22-/m0/s1. The third kappa shape index (κ3) is 7.59. The summed E-state index contributed by atoms with van der Waals surface area (Å²) in [5, 5.41) is 9.00. The summed E-state index contributed by atoms with van der Waals surface area (Å²) in [6.07, 6.45) is 6.36. The molecule has 0 unspecified atom stereocenters. The summed E-state index contributed by atoms with van der Waals surface area (Å²) in [7, 11) is 0. The Balaban J connectivity index is 2.88. The SMILES string of the molecule is C=C(C)NCCC[C@H](NC(C)=O)C(=O)N[C@@H](C)c1cccc(CC)c1/C=C\C. The lowest BCUT2D eigenvalue weighted by Crippen LogP contribution is -2.47. The van der Waals surface area contributed by atoms with Crippen LogP contribution in [0.1, 0.15) is 70.2 Å². The number of hydrogen-bond donors (Lipinski definition) is 3. The van der Waals surface area contributed by atoms with Crippen LogP contribution in [0.3, 0.4) is 0 Å². The second-order valence-electron chi connectivity index (χ2n) is 7.11. The third-order valence-corrected chi connectivity index (χ3v) is 4.56. The number of nitrogens with one attached hydrogen (secondary N) is 3. The van der Waals surface area contributed by atoms with Crippen LogP contribution in [0.2, 0.25) is 0 Å². The number of allylic oxidation sites excluding steroid dienone is 2. The van der Waals surface area contributed by atoms with E-state index in [9.17, 15) is 9.59 Å². The van der Waals surface area contributed by atoms with Gasteiger partial charge in [0.05, 0.1) is 6.04 Å². The van der Waals surface area contributed by atoms with Crippen LogP contribution in [-0.2, 0) is 16.0 Å². The van der Waals surface area contributed by atoms with E-state index in [1.807, 2.05) is 39.0 Å². The molecule has 0 saturated carbocycles. The minimum atomic E-state index is -0.550. The van der Waals surface area contributed by atoms with Gasteiger partial charge in [0.2, 0.25) is 11.8 Å². The molecular weight excluding hydrogens is 350 g/mol. The van der Waals surface area contributed by atoms with Gasteiger partial charge in [0.15, 0.2) is 0 Å². The number of rotatable bonds is 11. The zero-order valence-corrected chi connectivity index (χ0v) is 17.9. The maximum absolute atomic E-state index is 12.8. The average Bonchev–Trinajstić information content (AvgIpc) is 2.63. The highest BCUT2D eigenvalue weighted by molar-refractivity contribution is 5.87. The molecule has 0 aliphatic heterocycles. The number of benzene rings is 1. The van der Waals surface area contributed by atoms with E-state index in [0.29, 0.717) is 6.42 Å². The molecule has 0 aliphatic carbocycles. The second kappa shape index (κ2) is 12.0. The molecule has 1 aromatic carbocycles. The van der Waals surface area contributed by atoms with Crippen LogP contribution in [0, 0.1) is 0 Å². The molecule has 0 bridgehead atoms. The van der Waals surface area contributed by atoms with Crippen LogP contribution >= 0.6 is 0 Å². The largest absolute Gasteiger partial charge is 0.389 e. The Kier molecular flexibility index (Phi) is 10.1. The van der Waals surface area contributed by atoms with Gasteiger partial charge in [0.1, 0.15) is 6.04 Å². The molecule has 3 N–H and O–H groups in total. The first-order chi connectivity index (χ1) is 13.3. The van der Waals surface area contributed by atoms with Crippen molar-refractivity contribution in [2.75, 3.05) is 6.54 Å². The Hall–Kier alpha value is -2.56. The van der Waals surface area contributed by atoms with Crippen LogP contribution in [-0.4, -0.2) is 24.4 Å². The minimum Gasteiger partial charge on any atom is -0.389 e. The molecule has 0 saturated heterocycles. The molecule has 5 nitrogen and oxygen atoms in total. The van der Waals surface area contributed by atoms with Crippen LogP contribution in [0.25, 0.3) is 6.08 Å². The Morgan fingerprint density at radius 2 is 1.93 bits per heavy atom. The molecule has 5 heteroatoms. The molecule has 154 valence electrons. The van der Waals surface area contributed by atoms with Crippen molar-refractivity contribution in [3.8, 4) is 0 Å². The van der Waals surface area contributed by atoms with E-state index in [4.69, 9.17) is 0 Å². The lowest BCUT2D eigenvalue weighted by Gasteiger charge is -2.23. The number of aryl methyl sites for hydroxylation is 1. The highest BCUT2D eigenvalue weighted by Crippen LogP contribution is 2.24. The second-order valence-corrected chi connectivity index (χ2v) is 7.11. The van der Waals surface area contributed by atoms with E-state index in [1.165, 1.54) is 12.5 Å². The summed E-state index contributed by atoms with van der Waals surface area (Å²) in [4.78, 5) is 24.4. The molecule has 2 amide bonds. The van der Waals surface area contributed by atoms with Gasteiger partial charge in [-0.3, -0.25) is 9.59 Å². The molecule has 1 aromatic rings. The maximum atomic E-state index is 12.8. The summed E-state index contributed by atoms with van der Waals surface area (Å²) in [5.74, 6) is -0.366. The fourth-order valence-electron chi connectivity index (χ4n) is 3.20. The van der Waals surface area contributed by atoms with Gasteiger partial charge < -0.3 is 16.0 Å². The molecule has 0 fully saturated rings. The Labute approximate surface area is 169 Å². The van der Waals surface area contributed by atoms with E-state index in [0.717, 1.165) is 36.2 Å². The van der Waals surface area contributed by atoms with Crippen molar-refractivity contribution in [2.45, 2.75) is 66.0 Å². The Morgan fingerprint density at radius 3 is 2.50 bits per heavy atom. The van der Waals surface area contributed by atoms with Gasteiger partial charge >= 0.3 is 0 Å². The first-order valence-electron chi connectivity index (χ1n) is 10.0. The first kappa shape index (κ1) is 23.5. The van der Waals surface area contributed by atoms with E-state index < -0.39 is 6.04 Å². The van der Waals surface area contributed by atoms with Crippen LogP contribution in [0.5, 0.6) is 0 Å². The zero-order valence-electron chi connectivity index (χ0n) is 17.9. The molecule has 2 atom stereocenters. The van der Waals surface area contributed by atoms with E-state index >= 15 is 0 Å². The summed E-state index contributed by atoms with van der Waals surface area (Å²) in [6, 6.07) is 5.48. The summed E-state index contributed by atoms with van der Waals surface area (Å²) < 4.78 is 0. The van der Waals surface area contributed by atoms with Crippen molar-refractivity contribution in [1.82, 2.24) is 16.0 Å². The highest BCUT2D eigenvalue weighted by atomic mass is 16.2. The summed E-state index contributed by atoms with van der Waals surface area (Å²) >= 11 is 0. The molecule has 28 heavy (non-hydrogen) atoms. The zero-order chi connectivity index (χ0) is 21.1. The van der Waals surface area contributed by atoms with Gasteiger partial charge in [-0.1, -0.05) is 43.9 Å². The van der Waals surface area contributed by atoms with Gasteiger partial charge in [-0.05, 0) is 56.7 Å². The topological polar surface area (TPSA) is 70.2 Å². The molecule has 0 spiro atoms. The maximum Gasteiger partial charge on any atom is 0.243 e. The first-order valence-corrected chi connectivity index (χ1v) is 10.0. The molecule has 0 heterocycles. The van der Waals surface area contributed by atoms with Crippen molar-refractivity contribution in [1.29, 1.82) is 0 Å². The van der Waals surface area contributed by atoms with E-state index in [-0.39, 0.29) is 17.9 Å². The predicted molar refractivity (Wildman–Crippen MR) is 117 cm³/mol. The number of hydrogen-bond acceptors (Lipinski definition) is 3. The normalized spacial score (nSPS) is 13.0. The fraction of sp³-hybridized carbons (Fsp3) is 0.478. The van der Waals surface area contributed by atoms with Crippen molar-refractivity contribution >= 4 is 17.9 Å². The fourth-order valence-corrected chi connectivity index (χ4v) is 3.20. The quantitative estimate of drug-likeness (QED) is 0.507. The molecule has 0 radical (unpaired) electrons. The molecular formula is C23H35N3O2. The summed E-state index contributed by atoms with van der Waals surface area (Å²) in [5.41, 5.74) is 4.38. The van der Waals surface area contributed by atoms with Crippen LogP contribution in [0.15, 0.2) is 36.6 Å². The van der Waals surface area contributed by atoms with Crippen molar-refractivity contribution in [2.24, 2.45) is 0 Å². The lowest BCUT2D eigenvalue weighted by atomic mass is 9.94. The van der Waals surface area contributed by atoms with Gasteiger partial charge in [-0.2, -0.15) is 0 Å². The molecule has 0 aromatic heterocycles. The van der Waals surface area contributed by atoms with Gasteiger partial charge in [-0.15, -0.1) is 0 Å². The Bertz CT molecular complexity index is 710. The summed E-state index contributed by atoms with van der Waals surface area (Å²) in [6.45, 7) is 13.9. The minimum absolute atomic E-state index is 0.157. The van der Waals surface area contributed by atoms with Gasteiger partial charge in [0.25, 0.3) is 0 Å². The highest BCUT2D eigenvalue weighted by Gasteiger charge is 2.22. The number of carbonyl (C=O) groups excluding carboxylic acids is 2. The van der Waals surface area contributed by atoms with E-state index in [1.54, 1.807) is 0 Å². The molecule has 0 aliphatic rings. The third-order valence-electron chi connectivity index (χ3n) is 4.56. The van der Waals surface area contributed by atoms with Crippen molar-refractivity contribution in [3.63, 3.8) is 0 Å². The monoisotopic (exact) mass is 385 g/mol. The van der Waals surface area contributed by atoms with Crippen LogP contribution < -0.4 is 16.0 Å². The Morgan fingerprint density at radius 1 is 1.21 bits per heavy atom. The van der Waals surface area contributed by atoms with Gasteiger partial charge in [-0.25, -0.2) is 0 Å². The average molecular weight is 386 g/mol. The van der Waals surface area contributed by atoms with Crippen LogP contribution in [0.4, 0.5) is 0 Å². The smallest absolute Gasteiger partial charge is 0.243 e. The van der Waals surface area contributed by atoms with Gasteiger partial charge in [0, 0.05) is 19.2 Å². The lowest BCUT2D eigenvalue weighted by molar-refractivity contribution is -0.128. The van der Waals surface area contributed by atoms with Crippen molar-refractivity contribution in [3.05, 3.63) is 53.2 Å². The molecule has 1 rings (SSSR count). The number of carbonyl (C=O) groups is 2. The number of amides is 2.